The molecule has 114 valence electrons. The molecule has 0 amide bonds. The van der Waals surface area contributed by atoms with Gasteiger partial charge >= 0.3 is 11.9 Å². The highest BCUT2D eigenvalue weighted by molar-refractivity contribution is 5.95. The molecule has 6 nitrogen and oxygen atoms in total. The molecule has 2 aromatic rings. The number of benzene rings is 2. The van der Waals surface area contributed by atoms with Gasteiger partial charge in [-0.1, -0.05) is 6.07 Å². The number of hydrogen-bond acceptors (Lipinski definition) is 5. The van der Waals surface area contributed by atoms with Crippen LogP contribution in [0.2, 0.25) is 0 Å². The van der Waals surface area contributed by atoms with E-state index in [1.54, 1.807) is 6.07 Å². The van der Waals surface area contributed by atoms with Gasteiger partial charge in [-0.05, 0) is 18.2 Å². The molecule has 2 rings (SSSR count). The number of carboxylic acids is 1. The minimum atomic E-state index is -1.11. The molecule has 0 spiro atoms. The normalized spacial score (nSPS) is 9.91. The first-order valence-corrected chi connectivity index (χ1v) is 6.32. The number of rotatable bonds is 5. The first kappa shape index (κ1) is 15.4. The average Bonchev–Trinajstić information content (AvgIpc) is 2.54. The summed E-state index contributed by atoms with van der Waals surface area (Å²) in [4.78, 5) is 23.0. The van der Waals surface area contributed by atoms with E-state index in [0.717, 1.165) is 0 Å². The number of esters is 1. The molecule has 0 radical (unpaired) electrons. The van der Waals surface area contributed by atoms with Crippen LogP contribution >= 0.6 is 0 Å². The Kier molecular flexibility index (Phi) is 4.63. The molecule has 0 atom stereocenters. The largest absolute Gasteiger partial charge is 0.496 e. The van der Waals surface area contributed by atoms with Gasteiger partial charge in [-0.15, -0.1) is 0 Å². The van der Waals surface area contributed by atoms with Gasteiger partial charge in [0.15, 0.2) is 0 Å². The van der Waals surface area contributed by atoms with E-state index in [0.29, 0.717) is 11.5 Å². The van der Waals surface area contributed by atoms with Gasteiger partial charge in [0.25, 0.3) is 0 Å². The highest BCUT2D eigenvalue weighted by atomic mass is 16.5. The molecule has 22 heavy (non-hydrogen) atoms. The summed E-state index contributed by atoms with van der Waals surface area (Å²) in [6, 6.07) is 10.3. The van der Waals surface area contributed by atoms with E-state index in [4.69, 9.17) is 19.3 Å². The molecule has 1 N–H and O–H groups in total. The first-order chi connectivity index (χ1) is 10.5. The molecule has 2 aromatic carbocycles. The zero-order chi connectivity index (χ0) is 16.1. The van der Waals surface area contributed by atoms with Gasteiger partial charge in [-0.2, -0.15) is 0 Å². The van der Waals surface area contributed by atoms with Crippen molar-refractivity contribution in [1.29, 1.82) is 0 Å². The Balaban J connectivity index is 2.25. The van der Waals surface area contributed by atoms with Gasteiger partial charge in [0.1, 0.15) is 17.2 Å². The summed E-state index contributed by atoms with van der Waals surface area (Å²) in [5.41, 5.74) is 0.152. The summed E-state index contributed by atoms with van der Waals surface area (Å²) >= 11 is 0. The average molecular weight is 302 g/mol. The van der Waals surface area contributed by atoms with Crippen LogP contribution in [0, 0.1) is 0 Å². The molecule has 0 saturated carbocycles. The lowest BCUT2D eigenvalue weighted by Gasteiger charge is -2.09. The lowest BCUT2D eigenvalue weighted by atomic mass is 10.1. The second-order valence-corrected chi connectivity index (χ2v) is 4.32. The molecule has 0 fully saturated rings. The third-order valence-corrected chi connectivity index (χ3v) is 2.88. The molecule has 0 aliphatic rings. The van der Waals surface area contributed by atoms with Crippen LogP contribution < -0.4 is 14.2 Å². The van der Waals surface area contributed by atoms with Gasteiger partial charge in [0.05, 0.1) is 25.3 Å². The third kappa shape index (κ3) is 3.54. The number of hydrogen-bond donors (Lipinski definition) is 1. The van der Waals surface area contributed by atoms with Crippen molar-refractivity contribution in [3.8, 4) is 17.2 Å². The maximum atomic E-state index is 12.1. The molecule has 0 unspecified atom stereocenters. The molecular formula is C16H14O6. The molecule has 0 aliphatic carbocycles. The zero-order valence-corrected chi connectivity index (χ0v) is 12.0. The highest BCUT2D eigenvalue weighted by Gasteiger charge is 2.13. The summed E-state index contributed by atoms with van der Waals surface area (Å²) in [5, 5.41) is 8.93. The Bertz CT molecular complexity index is 685. The van der Waals surface area contributed by atoms with Crippen LogP contribution in [-0.4, -0.2) is 31.3 Å². The first-order valence-electron chi connectivity index (χ1n) is 6.32. The van der Waals surface area contributed by atoms with E-state index in [2.05, 4.69) is 0 Å². The molecule has 0 aliphatic heterocycles. The van der Waals surface area contributed by atoms with Gasteiger partial charge < -0.3 is 19.3 Å². The van der Waals surface area contributed by atoms with E-state index in [1.807, 2.05) is 0 Å². The van der Waals surface area contributed by atoms with Crippen LogP contribution in [0.25, 0.3) is 0 Å². The molecule has 0 aromatic heterocycles. The Morgan fingerprint density at radius 2 is 1.41 bits per heavy atom. The number of ether oxygens (including phenoxy) is 3. The fraction of sp³-hybridized carbons (Fsp3) is 0.125. The molecule has 0 saturated heterocycles. The summed E-state index contributed by atoms with van der Waals surface area (Å²) in [7, 11) is 2.97. The number of aromatic carboxylic acids is 1. The van der Waals surface area contributed by atoms with Crippen molar-refractivity contribution in [3.05, 3.63) is 53.6 Å². The quantitative estimate of drug-likeness (QED) is 0.675. The smallest absolute Gasteiger partial charge is 0.343 e. The molecule has 0 heterocycles. The van der Waals surface area contributed by atoms with Crippen LogP contribution in [0.1, 0.15) is 20.7 Å². The van der Waals surface area contributed by atoms with E-state index in [1.165, 1.54) is 50.6 Å². The summed E-state index contributed by atoms with van der Waals surface area (Å²) in [5.74, 6) is -0.596. The van der Waals surface area contributed by atoms with Crippen LogP contribution in [0.4, 0.5) is 0 Å². The van der Waals surface area contributed by atoms with Crippen molar-refractivity contribution >= 4 is 11.9 Å². The van der Waals surface area contributed by atoms with Gasteiger partial charge in [0.2, 0.25) is 0 Å². The fourth-order valence-corrected chi connectivity index (χ4v) is 1.79. The SMILES string of the molecule is COc1cc(OC)cc(OC(=O)c2cccc(C(=O)O)c2)c1. The zero-order valence-electron chi connectivity index (χ0n) is 12.0. The lowest BCUT2D eigenvalue weighted by molar-refractivity contribution is 0.0697. The van der Waals surface area contributed by atoms with Gasteiger partial charge in [0, 0.05) is 18.2 Å². The van der Waals surface area contributed by atoms with Crippen LogP contribution in [0.3, 0.4) is 0 Å². The monoisotopic (exact) mass is 302 g/mol. The van der Waals surface area contributed by atoms with Gasteiger partial charge in [-0.25, -0.2) is 9.59 Å². The minimum Gasteiger partial charge on any atom is -0.496 e. The molecular weight excluding hydrogens is 288 g/mol. The standard InChI is InChI=1S/C16H14O6/c1-20-12-7-13(21-2)9-14(8-12)22-16(19)11-5-3-4-10(6-11)15(17)18/h3-9H,1-2H3,(H,17,18). The molecule has 0 bridgehead atoms. The van der Waals surface area contributed by atoms with Gasteiger partial charge in [-0.3, -0.25) is 0 Å². The van der Waals surface area contributed by atoms with Crippen molar-refractivity contribution in [2.45, 2.75) is 0 Å². The van der Waals surface area contributed by atoms with E-state index < -0.39 is 11.9 Å². The topological polar surface area (TPSA) is 82.1 Å². The third-order valence-electron chi connectivity index (χ3n) is 2.88. The van der Waals surface area contributed by atoms with Crippen LogP contribution in [-0.2, 0) is 0 Å². The Labute approximate surface area is 126 Å². The maximum Gasteiger partial charge on any atom is 0.343 e. The maximum absolute atomic E-state index is 12.1. The second-order valence-electron chi connectivity index (χ2n) is 4.32. The van der Waals surface area contributed by atoms with Crippen LogP contribution in [0.5, 0.6) is 17.2 Å². The van der Waals surface area contributed by atoms with Crippen LogP contribution in [0.15, 0.2) is 42.5 Å². The van der Waals surface area contributed by atoms with Crippen molar-refractivity contribution < 1.29 is 28.9 Å². The van der Waals surface area contributed by atoms with Crippen molar-refractivity contribution in [1.82, 2.24) is 0 Å². The van der Waals surface area contributed by atoms with E-state index >= 15 is 0 Å². The number of carbonyl (C=O) groups excluding carboxylic acids is 1. The van der Waals surface area contributed by atoms with Crippen molar-refractivity contribution in [3.63, 3.8) is 0 Å². The Morgan fingerprint density at radius 1 is 0.864 bits per heavy atom. The predicted molar refractivity (Wildman–Crippen MR) is 77.9 cm³/mol. The number of carbonyl (C=O) groups is 2. The minimum absolute atomic E-state index is 0.0117. The predicted octanol–water partition coefficient (Wildman–Crippen LogP) is 2.62. The van der Waals surface area contributed by atoms with Crippen molar-refractivity contribution in [2.24, 2.45) is 0 Å². The Hall–Kier alpha value is -3.02. The number of methoxy groups -OCH3 is 2. The van der Waals surface area contributed by atoms with Crippen molar-refractivity contribution in [2.75, 3.05) is 14.2 Å². The Morgan fingerprint density at radius 3 is 1.95 bits per heavy atom. The molecule has 6 heteroatoms. The van der Waals surface area contributed by atoms with E-state index in [-0.39, 0.29) is 16.9 Å². The summed E-state index contributed by atoms with van der Waals surface area (Å²) in [6.07, 6.45) is 0. The fourth-order valence-electron chi connectivity index (χ4n) is 1.79. The summed E-state index contributed by atoms with van der Waals surface area (Å²) < 4.78 is 15.4. The highest BCUT2D eigenvalue weighted by Crippen LogP contribution is 2.28. The number of carboxylic acid groups (broad SMARTS) is 1. The van der Waals surface area contributed by atoms with E-state index in [9.17, 15) is 9.59 Å². The summed E-state index contributed by atoms with van der Waals surface area (Å²) in [6.45, 7) is 0. The second kappa shape index (κ2) is 6.62. The lowest BCUT2D eigenvalue weighted by Crippen LogP contribution is -2.10.